The van der Waals surface area contributed by atoms with Crippen molar-refractivity contribution < 1.29 is 48.4 Å². The molecule has 2 aromatic heterocycles. The summed E-state index contributed by atoms with van der Waals surface area (Å²) in [6, 6.07) is 9.90. The van der Waals surface area contributed by atoms with Gasteiger partial charge >= 0.3 is 29.6 Å². The van der Waals surface area contributed by atoms with Crippen molar-refractivity contribution in [3.8, 4) is 28.3 Å². The van der Waals surface area contributed by atoms with Crippen molar-refractivity contribution in [1.82, 2.24) is 14.6 Å². The van der Waals surface area contributed by atoms with Crippen LogP contribution in [0, 0.1) is 28.7 Å². The fourth-order valence-corrected chi connectivity index (χ4v) is 3.01. The molecule has 0 unspecified atom stereocenters. The first-order valence-electron chi connectivity index (χ1n) is 8.13. The van der Waals surface area contributed by atoms with Crippen molar-refractivity contribution in [3.63, 3.8) is 0 Å². The normalized spacial score (nSPS) is 10.7. The number of aryl methyl sites for hydroxylation is 1. The fraction of sp³-hybridized carbons (Fsp3) is 0.0526. The second-order valence-electron chi connectivity index (χ2n) is 6.10. The van der Waals surface area contributed by atoms with Crippen molar-refractivity contribution in [3.05, 3.63) is 76.0 Å². The molecule has 0 saturated heterocycles. The van der Waals surface area contributed by atoms with Crippen LogP contribution in [-0.4, -0.2) is 19.5 Å². The van der Waals surface area contributed by atoms with Crippen molar-refractivity contribution >= 4 is 11.3 Å². The molecule has 0 saturated carbocycles. The Balaban J connectivity index is 0.00000240. The third kappa shape index (κ3) is 3.71. The summed E-state index contributed by atoms with van der Waals surface area (Å²) in [6.45, 7) is 1.60. The number of rotatable bonds is 3. The maximum absolute atomic E-state index is 14.3. The van der Waals surface area contributed by atoms with Gasteiger partial charge in [-0.1, -0.05) is 0 Å². The van der Waals surface area contributed by atoms with Crippen molar-refractivity contribution in [1.29, 1.82) is 0 Å². The number of hydrogen-bond acceptors (Lipinski definition) is 5. The molecule has 140 valence electrons. The van der Waals surface area contributed by atoms with E-state index in [1.165, 1.54) is 36.4 Å². The Kier molecular flexibility index (Phi) is 5.65. The average molecular weight is 404 g/mol. The summed E-state index contributed by atoms with van der Waals surface area (Å²) in [5.41, 5.74) is 1.46. The molecule has 0 aliphatic carbocycles. The van der Waals surface area contributed by atoms with Crippen molar-refractivity contribution in [2.75, 3.05) is 0 Å². The van der Waals surface area contributed by atoms with Gasteiger partial charge in [0.15, 0.2) is 5.65 Å². The molecule has 0 bridgehead atoms. The van der Waals surface area contributed by atoms with E-state index in [0.717, 1.165) is 16.6 Å². The molecule has 4 rings (SSSR count). The van der Waals surface area contributed by atoms with E-state index >= 15 is 0 Å². The Labute approximate surface area is 185 Å². The number of hydrogen-bond donors (Lipinski definition) is 0. The zero-order valence-corrected chi connectivity index (χ0v) is 17.4. The molecule has 29 heavy (non-hydrogen) atoms. The molecule has 2 aromatic carbocycles. The Bertz CT molecular complexity index is 1240. The van der Waals surface area contributed by atoms with Gasteiger partial charge in [-0.2, -0.15) is 5.10 Å². The van der Waals surface area contributed by atoms with Crippen LogP contribution in [0.25, 0.3) is 28.0 Å². The fourth-order valence-electron chi connectivity index (χ4n) is 3.01. The number of non-ortho nitro benzene ring substituents is 1. The average Bonchev–Trinajstić information content (AvgIpc) is 2.98. The molecule has 0 aliphatic rings. The maximum Gasteiger partial charge on any atom is 1.00 e. The van der Waals surface area contributed by atoms with Crippen LogP contribution in [0.15, 0.2) is 48.5 Å². The minimum Gasteiger partial charge on any atom is -0.858 e. The molecule has 7 nitrogen and oxygen atoms in total. The first-order chi connectivity index (χ1) is 13.3. The van der Waals surface area contributed by atoms with E-state index in [9.17, 15) is 24.0 Å². The molecular formula is C19H11F2N4NaO3. The third-order valence-electron chi connectivity index (χ3n) is 4.31. The Morgan fingerprint density at radius 3 is 2.38 bits per heavy atom. The molecule has 0 spiro atoms. The Hall–Kier alpha value is -2.88. The molecule has 0 atom stereocenters. The van der Waals surface area contributed by atoms with Gasteiger partial charge in [-0.3, -0.25) is 10.1 Å². The van der Waals surface area contributed by atoms with Gasteiger partial charge in [0.25, 0.3) is 5.69 Å². The summed E-state index contributed by atoms with van der Waals surface area (Å²) in [5, 5.41) is 27.4. The van der Waals surface area contributed by atoms with E-state index in [-0.39, 0.29) is 57.7 Å². The van der Waals surface area contributed by atoms with E-state index in [4.69, 9.17) is 0 Å². The van der Waals surface area contributed by atoms with E-state index < -0.39 is 22.4 Å². The SMILES string of the molecule is Cc1nn2c([O-])cc(-c3ccc([N+](=O)[O-])cc3)nc2c1-c1ccc(F)cc1F.[Na+]. The summed E-state index contributed by atoms with van der Waals surface area (Å²) < 4.78 is 28.6. The topological polar surface area (TPSA) is 96.4 Å². The monoisotopic (exact) mass is 404 g/mol. The van der Waals surface area contributed by atoms with Gasteiger partial charge in [-0.25, -0.2) is 18.3 Å². The number of benzene rings is 2. The largest absolute Gasteiger partial charge is 1.00 e. The molecule has 10 heteroatoms. The van der Waals surface area contributed by atoms with Crippen LogP contribution in [0.1, 0.15) is 5.69 Å². The zero-order valence-electron chi connectivity index (χ0n) is 15.4. The molecule has 0 aliphatic heterocycles. The maximum atomic E-state index is 14.3. The summed E-state index contributed by atoms with van der Waals surface area (Å²) >= 11 is 0. The molecule has 4 aromatic rings. The quantitative estimate of drug-likeness (QED) is 0.284. The summed E-state index contributed by atoms with van der Waals surface area (Å²) in [4.78, 5) is 14.7. The van der Waals surface area contributed by atoms with E-state index in [1.807, 2.05) is 0 Å². The van der Waals surface area contributed by atoms with Crippen LogP contribution < -0.4 is 34.7 Å². The molecule has 0 amide bonds. The molecule has 2 heterocycles. The second kappa shape index (κ2) is 7.86. The first kappa shape index (κ1) is 20.8. The minimum atomic E-state index is -0.798. The van der Waals surface area contributed by atoms with Crippen LogP contribution in [0.5, 0.6) is 5.88 Å². The van der Waals surface area contributed by atoms with Gasteiger partial charge in [-0.15, -0.1) is 0 Å². The molecule has 0 N–H and O–H groups in total. The zero-order chi connectivity index (χ0) is 20.0. The number of aromatic nitrogens is 3. The number of halogens is 2. The standard InChI is InChI=1S/C19H12F2N4O3.Na/c1-10-18(14-7-4-12(20)8-15(14)21)19-22-16(9-17(26)24(19)23-10)11-2-5-13(6-3-11)25(27)28;/h2-9,26H,1H3;/q;+1/p-1. The smallest absolute Gasteiger partial charge is 0.858 e. The van der Waals surface area contributed by atoms with E-state index in [0.29, 0.717) is 11.3 Å². The van der Waals surface area contributed by atoms with Crippen molar-refractivity contribution in [2.45, 2.75) is 6.92 Å². The molecular weight excluding hydrogens is 393 g/mol. The summed E-state index contributed by atoms with van der Waals surface area (Å²) in [5.74, 6) is -2.01. The predicted molar refractivity (Wildman–Crippen MR) is 94.6 cm³/mol. The molecule has 0 radical (unpaired) electrons. The minimum absolute atomic E-state index is 0. The van der Waals surface area contributed by atoms with Gasteiger partial charge in [0.05, 0.1) is 21.9 Å². The van der Waals surface area contributed by atoms with Gasteiger partial charge in [0.1, 0.15) is 11.6 Å². The van der Waals surface area contributed by atoms with E-state index in [1.54, 1.807) is 6.92 Å². The predicted octanol–water partition coefficient (Wildman–Crippen LogP) is 0.636. The number of nitro benzene ring substituents is 1. The summed E-state index contributed by atoms with van der Waals surface area (Å²) in [7, 11) is 0. The molecule has 0 fully saturated rings. The van der Waals surface area contributed by atoms with Gasteiger partial charge in [0, 0.05) is 29.3 Å². The number of nitrogens with zero attached hydrogens (tertiary/aromatic N) is 4. The Morgan fingerprint density at radius 1 is 1.07 bits per heavy atom. The van der Waals surface area contributed by atoms with Crippen LogP contribution >= 0.6 is 0 Å². The van der Waals surface area contributed by atoms with Crippen LogP contribution in [0.4, 0.5) is 14.5 Å². The first-order valence-corrected chi connectivity index (χ1v) is 8.13. The van der Waals surface area contributed by atoms with E-state index in [2.05, 4.69) is 10.1 Å². The van der Waals surface area contributed by atoms with Gasteiger partial charge in [-0.05, 0) is 43.1 Å². The second-order valence-corrected chi connectivity index (χ2v) is 6.10. The van der Waals surface area contributed by atoms with Crippen LogP contribution in [-0.2, 0) is 0 Å². The Morgan fingerprint density at radius 2 is 1.76 bits per heavy atom. The number of fused-ring (bicyclic) bond motifs is 1. The summed E-state index contributed by atoms with van der Waals surface area (Å²) in [6.07, 6.45) is 0. The van der Waals surface area contributed by atoms with Crippen LogP contribution in [0.3, 0.4) is 0 Å². The number of nitro groups is 1. The van der Waals surface area contributed by atoms with Gasteiger partial charge < -0.3 is 5.11 Å². The van der Waals surface area contributed by atoms with Crippen LogP contribution in [0.2, 0.25) is 0 Å². The van der Waals surface area contributed by atoms with Gasteiger partial charge in [0.2, 0.25) is 0 Å². The third-order valence-corrected chi connectivity index (χ3v) is 4.31. The van der Waals surface area contributed by atoms with Crippen molar-refractivity contribution in [2.24, 2.45) is 0 Å².